The van der Waals surface area contributed by atoms with Crippen LogP contribution in [0.25, 0.3) is 11.5 Å². The number of rotatable bonds is 5. The van der Waals surface area contributed by atoms with Gasteiger partial charge in [0.2, 0.25) is 17.7 Å². The molecule has 1 saturated heterocycles. The summed E-state index contributed by atoms with van der Waals surface area (Å²) in [5, 5.41) is 8.77. The second-order valence-electron chi connectivity index (χ2n) is 7.80. The first-order chi connectivity index (χ1) is 14.9. The topological polar surface area (TPSA) is 84.5 Å². The normalized spacial score (nSPS) is 14.3. The fraction of sp³-hybridized carbons (Fsp3) is 0.364. The van der Waals surface area contributed by atoms with Gasteiger partial charge in [-0.3, -0.25) is 9.59 Å². The van der Waals surface area contributed by atoms with Gasteiger partial charge in [0, 0.05) is 44.4 Å². The molecule has 0 spiro atoms. The highest BCUT2D eigenvalue weighted by molar-refractivity contribution is 6.33. The zero-order chi connectivity index (χ0) is 22.0. The van der Waals surface area contributed by atoms with Crippen molar-refractivity contribution in [2.45, 2.75) is 26.3 Å². The van der Waals surface area contributed by atoms with Crippen LogP contribution < -0.4 is 10.5 Å². The third kappa shape index (κ3) is 4.64. The minimum Gasteiger partial charge on any atom is -0.420 e. The van der Waals surface area contributed by atoms with Crippen molar-refractivity contribution in [3.63, 3.8) is 0 Å². The van der Waals surface area contributed by atoms with E-state index in [4.69, 9.17) is 16.0 Å². The number of piperazine rings is 1. The number of para-hydroxylation sites is 1. The summed E-state index contributed by atoms with van der Waals surface area (Å²) in [6.45, 7) is 6.39. The van der Waals surface area contributed by atoms with Gasteiger partial charge in [0.05, 0.1) is 16.3 Å². The van der Waals surface area contributed by atoms with Gasteiger partial charge in [0.1, 0.15) is 6.54 Å². The van der Waals surface area contributed by atoms with Crippen molar-refractivity contribution in [1.29, 1.82) is 0 Å². The molecule has 0 unspecified atom stereocenters. The Morgan fingerprint density at radius 2 is 1.84 bits per heavy atom. The number of hydrogen-bond donors (Lipinski definition) is 0. The molecular formula is C22H24ClN5O3. The fourth-order valence-corrected chi connectivity index (χ4v) is 3.77. The van der Waals surface area contributed by atoms with E-state index in [1.54, 1.807) is 17.2 Å². The molecule has 3 heterocycles. The Hall–Kier alpha value is -3.13. The van der Waals surface area contributed by atoms with Crippen molar-refractivity contribution in [3.05, 3.63) is 63.9 Å². The number of pyridine rings is 1. The zero-order valence-electron chi connectivity index (χ0n) is 17.5. The lowest BCUT2D eigenvalue weighted by atomic mass is 10.2. The molecule has 2 aromatic heterocycles. The number of benzene rings is 1. The minimum atomic E-state index is -0.254. The number of carbonyl (C=O) groups excluding carboxylic acids is 1. The summed E-state index contributed by atoms with van der Waals surface area (Å²) in [5.41, 5.74) is 1.33. The van der Waals surface area contributed by atoms with Crippen LogP contribution in [-0.2, 0) is 11.3 Å². The minimum absolute atomic E-state index is 0.0378. The zero-order valence-corrected chi connectivity index (χ0v) is 18.2. The van der Waals surface area contributed by atoms with E-state index in [-0.39, 0.29) is 23.9 Å². The van der Waals surface area contributed by atoms with Gasteiger partial charge in [-0.15, -0.1) is 10.2 Å². The van der Waals surface area contributed by atoms with E-state index in [0.29, 0.717) is 48.5 Å². The number of carbonyl (C=O) groups is 1. The van der Waals surface area contributed by atoms with Gasteiger partial charge in [-0.25, -0.2) is 0 Å². The summed E-state index contributed by atoms with van der Waals surface area (Å²) in [6.07, 6.45) is 1.60. The summed E-state index contributed by atoms with van der Waals surface area (Å²) >= 11 is 6.29. The van der Waals surface area contributed by atoms with Gasteiger partial charge in [0.15, 0.2) is 0 Å². The van der Waals surface area contributed by atoms with Crippen molar-refractivity contribution in [2.24, 2.45) is 0 Å². The maximum absolute atomic E-state index is 12.8. The molecule has 1 aromatic carbocycles. The van der Waals surface area contributed by atoms with E-state index in [0.717, 1.165) is 5.69 Å². The summed E-state index contributed by atoms with van der Waals surface area (Å²) in [4.78, 5) is 29.1. The number of hydrogen-bond acceptors (Lipinski definition) is 6. The molecule has 1 amide bonds. The first-order valence-electron chi connectivity index (χ1n) is 10.2. The molecule has 0 N–H and O–H groups in total. The lowest BCUT2D eigenvalue weighted by Crippen LogP contribution is -2.50. The third-order valence-electron chi connectivity index (χ3n) is 5.30. The summed E-state index contributed by atoms with van der Waals surface area (Å²) in [5.74, 6) is 0.864. The van der Waals surface area contributed by atoms with Crippen molar-refractivity contribution in [1.82, 2.24) is 19.7 Å². The van der Waals surface area contributed by atoms with Crippen LogP contribution in [0.5, 0.6) is 0 Å². The largest absolute Gasteiger partial charge is 0.420 e. The summed E-state index contributed by atoms with van der Waals surface area (Å²) < 4.78 is 7.05. The Morgan fingerprint density at radius 3 is 2.52 bits per heavy atom. The first-order valence-corrected chi connectivity index (χ1v) is 10.6. The molecular weight excluding hydrogens is 418 g/mol. The maximum Gasteiger partial charge on any atom is 0.251 e. The van der Waals surface area contributed by atoms with E-state index in [2.05, 4.69) is 15.1 Å². The van der Waals surface area contributed by atoms with E-state index >= 15 is 0 Å². The molecule has 1 aliphatic heterocycles. The van der Waals surface area contributed by atoms with Crippen molar-refractivity contribution < 1.29 is 9.21 Å². The molecule has 0 radical (unpaired) electrons. The summed E-state index contributed by atoms with van der Waals surface area (Å²) in [6, 6.07) is 10.7. The standard InChI is InChI=1S/C22H24ClN5O3/c1-15(2)21-24-25-22(31-21)16-7-8-19(29)28(13-16)14-20(30)27-11-9-26(10-12-27)18-6-4-3-5-17(18)23/h3-8,13,15H,9-12,14H2,1-2H3. The Bertz CT molecular complexity index is 1130. The van der Waals surface area contributed by atoms with Crippen LogP contribution in [0.1, 0.15) is 25.7 Å². The molecule has 0 bridgehead atoms. The van der Waals surface area contributed by atoms with E-state index < -0.39 is 0 Å². The molecule has 0 saturated carbocycles. The molecule has 1 aliphatic rings. The highest BCUT2D eigenvalue weighted by atomic mass is 35.5. The molecule has 1 fully saturated rings. The molecule has 4 rings (SSSR count). The molecule has 3 aromatic rings. The third-order valence-corrected chi connectivity index (χ3v) is 5.62. The average Bonchev–Trinajstić information content (AvgIpc) is 3.26. The second-order valence-corrected chi connectivity index (χ2v) is 8.21. The van der Waals surface area contributed by atoms with Crippen molar-refractivity contribution in [3.8, 4) is 11.5 Å². The Morgan fingerprint density at radius 1 is 1.10 bits per heavy atom. The second kappa shape index (κ2) is 8.93. The number of halogens is 1. The van der Waals surface area contributed by atoms with Crippen LogP contribution in [-0.4, -0.2) is 51.8 Å². The average molecular weight is 442 g/mol. The Labute approximate surface area is 185 Å². The highest BCUT2D eigenvalue weighted by Gasteiger charge is 2.23. The highest BCUT2D eigenvalue weighted by Crippen LogP contribution is 2.26. The quantitative estimate of drug-likeness (QED) is 0.605. The van der Waals surface area contributed by atoms with E-state index in [1.807, 2.05) is 38.1 Å². The van der Waals surface area contributed by atoms with E-state index in [1.165, 1.54) is 10.6 Å². The maximum atomic E-state index is 12.8. The SMILES string of the molecule is CC(C)c1nnc(-c2ccc(=O)n(CC(=O)N3CCN(c4ccccc4Cl)CC3)c2)o1. The number of nitrogens with zero attached hydrogens (tertiary/aromatic N) is 5. The van der Waals surface area contributed by atoms with Crippen LogP contribution in [0.3, 0.4) is 0 Å². The van der Waals surface area contributed by atoms with Crippen LogP contribution >= 0.6 is 11.6 Å². The van der Waals surface area contributed by atoms with Crippen molar-refractivity contribution in [2.75, 3.05) is 31.1 Å². The van der Waals surface area contributed by atoms with E-state index in [9.17, 15) is 9.59 Å². The molecule has 9 heteroatoms. The number of amides is 1. The van der Waals surface area contributed by atoms with Gasteiger partial charge < -0.3 is 18.8 Å². The summed E-state index contributed by atoms with van der Waals surface area (Å²) in [7, 11) is 0. The number of aromatic nitrogens is 3. The molecule has 0 aliphatic carbocycles. The van der Waals surface area contributed by atoms with Crippen LogP contribution in [0.15, 0.2) is 51.8 Å². The van der Waals surface area contributed by atoms with Gasteiger partial charge in [0.25, 0.3) is 5.56 Å². The fourth-order valence-electron chi connectivity index (χ4n) is 3.52. The van der Waals surface area contributed by atoms with Gasteiger partial charge in [-0.2, -0.15) is 0 Å². The smallest absolute Gasteiger partial charge is 0.251 e. The van der Waals surface area contributed by atoms with Crippen LogP contribution in [0.2, 0.25) is 5.02 Å². The lowest BCUT2D eigenvalue weighted by Gasteiger charge is -2.36. The van der Waals surface area contributed by atoms with Crippen LogP contribution in [0, 0.1) is 0 Å². The molecule has 31 heavy (non-hydrogen) atoms. The Balaban J connectivity index is 1.43. The lowest BCUT2D eigenvalue weighted by molar-refractivity contribution is -0.132. The first kappa shape index (κ1) is 21.1. The number of anilines is 1. The van der Waals surface area contributed by atoms with Gasteiger partial charge in [-0.1, -0.05) is 37.6 Å². The van der Waals surface area contributed by atoms with Gasteiger partial charge >= 0.3 is 0 Å². The molecule has 0 atom stereocenters. The molecule has 162 valence electrons. The predicted octanol–water partition coefficient (Wildman–Crippen LogP) is 3.02. The monoisotopic (exact) mass is 441 g/mol. The Kier molecular flexibility index (Phi) is 6.08. The molecule has 8 nitrogen and oxygen atoms in total. The predicted molar refractivity (Wildman–Crippen MR) is 118 cm³/mol. The van der Waals surface area contributed by atoms with Crippen LogP contribution in [0.4, 0.5) is 5.69 Å². The van der Waals surface area contributed by atoms with Crippen molar-refractivity contribution >= 4 is 23.2 Å². The van der Waals surface area contributed by atoms with Gasteiger partial charge in [-0.05, 0) is 18.2 Å².